The molecule has 0 aliphatic heterocycles. The highest BCUT2D eigenvalue weighted by Crippen LogP contribution is 2.33. The van der Waals surface area contributed by atoms with Gasteiger partial charge in [-0.15, -0.1) is 0 Å². The molecule has 41 heavy (non-hydrogen) atoms. The number of amides is 2. The molecule has 220 valence electrons. The molecule has 0 unspecified atom stereocenters. The predicted octanol–water partition coefficient (Wildman–Crippen LogP) is 6.53. The molecule has 1 N–H and O–H groups in total. The number of nitrogens with zero attached hydrogens (tertiary/aromatic N) is 2. The molecule has 7 nitrogen and oxygen atoms in total. The van der Waals surface area contributed by atoms with E-state index in [1.54, 1.807) is 18.2 Å². The van der Waals surface area contributed by atoms with Crippen LogP contribution in [0.1, 0.15) is 50.8 Å². The minimum Gasteiger partial charge on any atom is -0.350 e. The van der Waals surface area contributed by atoms with Gasteiger partial charge in [-0.3, -0.25) is 13.9 Å². The van der Waals surface area contributed by atoms with Crippen LogP contribution in [0.15, 0.2) is 71.6 Å². The van der Waals surface area contributed by atoms with Crippen molar-refractivity contribution < 1.29 is 18.0 Å². The van der Waals surface area contributed by atoms with Gasteiger partial charge >= 0.3 is 0 Å². The van der Waals surface area contributed by atoms with E-state index in [1.165, 1.54) is 29.2 Å². The Hall–Kier alpha value is -3.07. The van der Waals surface area contributed by atoms with Crippen molar-refractivity contribution in [3.05, 3.63) is 93.5 Å². The van der Waals surface area contributed by atoms with Crippen molar-refractivity contribution in [2.45, 2.75) is 71.0 Å². The van der Waals surface area contributed by atoms with Gasteiger partial charge in [0.05, 0.1) is 15.6 Å². The summed E-state index contributed by atoms with van der Waals surface area (Å²) in [5.74, 6) is -0.887. The van der Waals surface area contributed by atoms with Crippen molar-refractivity contribution in [1.29, 1.82) is 0 Å². The maximum Gasteiger partial charge on any atom is 0.264 e. The van der Waals surface area contributed by atoms with E-state index in [9.17, 15) is 18.0 Å². The maximum atomic E-state index is 14.2. The smallest absolute Gasteiger partial charge is 0.264 e. The lowest BCUT2D eigenvalue weighted by Crippen LogP contribution is -2.55. The van der Waals surface area contributed by atoms with E-state index < -0.39 is 34.1 Å². The van der Waals surface area contributed by atoms with Crippen molar-refractivity contribution in [2.75, 3.05) is 10.8 Å². The second kappa shape index (κ2) is 13.3. The molecule has 0 bridgehead atoms. The Kier molecular flexibility index (Phi) is 10.5. The fourth-order valence-corrected chi connectivity index (χ4v) is 6.15. The van der Waals surface area contributed by atoms with E-state index in [-0.39, 0.29) is 33.1 Å². The molecular formula is C31H37Cl2N3O4S. The third-order valence-corrected chi connectivity index (χ3v) is 8.75. The third-order valence-electron chi connectivity index (χ3n) is 6.42. The zero-order chi connectivity index (χ0) is 30.5. The van der Waals surface area contributed by atoms with Crippen LogP contribution in [0.3, 0.4) is 0 Å². The Morgan fingerprint density at radius 3 is 2.00 bits per heavy atom. The van der Waals surface area contributed by atoms with Crippen LogP contribution in [0, 0.1) is 13.8 Å². The molecule has 3 rings (SSSR count). The first-order chi connectivity index (χ1) is 19.1. The number of rotatable bonds is 10. The maximum absolute atomic E-state index is 14.2. The molecule has 0 aliphatic carbocycles. The molecule has 0 radical (unpaired) electrons. The van der Waals surface area contributed by atoms with Gasteiger partial charge in [0, 0.05) is 17.1 Å². The lowest BCUT2D eigenvalue weighted by atomic mass is 10.1. The predicted molar refractivity (Wildman–Crippen MR) is 166 cm³/mol. The number of nitrogens with one attached hydrogen (secondary N) is 1. The summed E-state index contributed by atoms with van der Waals surface area (Å²) in [5.41, 5.74) is 2.27. The summed E-state index contributed by atoms with van der Waals surface area (Å²) in [5, 5.41) is 3.33. The lowest BCUT2D eigenvalue weighted by molar-refractivity contribution is -0.141. The van der Waals surface area contributed by atoms with Crippen LogP contribution >= 0.6 is 23.2 Å². The SMILES string of the molecule is CC[C@H](C(=O)NC(C)(C)C)N(Cc1ccc(C)cc1)C(=O)CN(c1cc(Cl)ccc1Cl)S(=O)(=O)c1ccc(C)cc1. The standard InChI is InChI=1S/C31H37Cl2N3O4S/c1-7-27(30(38)34-31(4,5)6)35(19-23-12-8-21(2)9-13-23)29(37)20-36(28-18-24(32)14-17-26(28)33)41(39,40)25-15-10-22(3)11-16-25/h8-18,27H,7,19-20H2,1-6H3,(H,34,38)/t27-/m1/s1. The molecule has 3 aromatic carbocycles. The van der Waals surface area contributed by atoms with Gasteiger partial charge in [-0.25, -0.2) is 8.42 Å². The number of anilines is 1. The summed E-state index contributed by atoms with van der Waals surface area (Å²) in [4.78, 5) is 29.0. The topological polar surface area (TPSA) is 86.8 Å². The van der Waals surface area contributed by atoms with Crippen LogP contribution in [0.25, 0.3) is 0 Å². The lowest BCUT2D eigenvalue weighted by Gasteiger charge is -2.35. The number of aryl methyl sites for hydroxylation is 2. The molecule has 0 fully saturated rings. The number of sulfonamides is 1. The number of hydrogen-bond acceptors (Lipinski definition) is 4. The largest absolute Gasteiger partial charge is 0.350 e. The highest BCUT2D eigenvalue weighted by Gasteiger charge is 2.35. The molecule has 3 aromatic rings. The second-order valence-corrected chi connectivity index (χ2v) is 13.8. The van der Waals surface area contributed by atoms with E-state index in [0.29, 0.717) is 6.42 Å². The summed E-state index contributed by atoms with van der Waals surface area (Å²) in [6.45, 7) is 10.7. The van der Waals surface area contributed by atoms with Gasteiger partial charge in [-0.1, -0.05) is 77.7 Å². The van der Waals surface area contributed by atoms with E-state index >= 15 is 0 Å². The average Bonchev–Trinajstić information content (AvgIpc) is 2.89. The van der Waals surface area contributed by atoms with Crippen LogP contribution in [0.2, 0.25) is 10.0 Å². The van der Waals surface area contributed by atoms with E-state index in [1.807, 2.05) is 65.8 Å². The van der Waals surface area contributed by atoms with E-state index in [2.05, 4.69) is 5.32 Å². The highest BCUT2D eigenvalue weighted by molar-refractivity contribution is 7.92. The second-order valence-electron chi connectivity index (χ2n) is 11.1. The molecule has 0 saturated heterocycles. The molecule has 10 heteroatoms. The van der Waals surface area contributed by atoms with Gasteiger partial charge in [-0.2, -0.15) is 0 Å². The Morgan fingerprint density at radius 1 is 0.902 bits per heavy atom. The number of carbonyl (C=O) groups excluding carboxylic acids is 2. The Balaban J connectivity index is 2.11. The first-order valence-electron chi connectivity index (χ1n) is 13.3. The molecular weight excluding hydrogens is 581 g/mol. The number of hydrogen-bond donors (Lipinski definition) is 1. The molecule has 0 aliphatic rings. The van der Waals surface area contributed by atoms with Gasteiger partial charge < -0.3 is 10.2 Å². The van der Waals surface area contributed by atoms with Gasteiger partial charge in [0.25, 0.3) is 10.0 Å². The van der Waals surface area contributed by atoms with E-state index in [4.69, 9.17) is 23.2 Å². The van der Waals surface area contributed by atoms with Crippen molar-refractivity contribution in [3.8, 4) is 0 Å². The van der Waals surface area contributed by atoms with Crippen LogP contribution in [-0.4, -0.2) is 43.3 Å². The van der Waals surface area contributed by atoms with Gasteiger partial charge in [0.1, 0.15) is 12.6 Å². The Morgan fingerprint density at radius 2 is 1.46 bits per heavy atom. The number of carbonyl (C=O) groups is 2. The fraction of sp³-hybridized carbons (Fsp3) is 0.355. The minimum absolute atomic E-state index is 0.00505. The Labute approximate surface area is 253 Å². The molecule has 0 spiro atoms. The van der Waals surface area contributed by atoms with Crippen LogP contribution in [0.5, 0.6) is 0 Å². The minimum atomic E-state index is -4.26. The van der Waals surface area contributed by atoms with Gasteiger partial charge in [0.15, 0.2) is 0 Å². The first-order valence-corrected chi connectivity index (χ1v) is 15.5. The van der Waals surface area contributed by atoms with Gasteiger partial charge in [0.2, 0.25) is 11.8 Å². The van der Waals surface area contributed by atoms with Crippen molar-refractivity contribution in [3.63, 3.8) is 0 Å². The first kappa shape index (κ1) is 32.4. The zero-order valence-electron chi connectivity index (χ0n) is 24.2. The normalized spacial score (nSPS) is 12.5. The molecule has 0 aromatic heterocycles. The number of benzene rings is 3. The van der Waals surface area contributed by atoms with Crippen molar-refractivity contribution in [1.82, 2.24) is 10.2 Å². The Bertz CT molecular complexity index is 1490. The zero-order valence-corrected chi connectivity index (χ0v) is 26.6. The van der Waals surface area contributed by atoms with Crippen LogP contribution in [0.4, 0.5) is 5.69 Å². The van der Waals surface area contributed by atoms with Gasteiger partial charge in [-0.05, 0) is 76.9 Å². The quantitative estimate of drug-likeness (QED) is 0.280. The monoisotopic (exact) mass is 617 g/mol. The number of halogens is 2. The summed E-state index contributed by atoms with van der Waals surface area (Å²) >= 11 is 12.7. The summed E-state index contributed by atoms with van der Waals surface area (Å²) in [6, 6.07) is 17.5. The summed E-state index contributed by atoms with van der Waals surface area (Å²) < 4.78 is 29.0. The van der Waals surface area contributed by atoms with Crippen molar-refractivity contribution >= 4 is 50.7 Å². The third kappa shape index (κ3) is 8.47. The molecule has 2 amide bonds. The molecule has 0 heterocycles. The average molecular weight is 619 g/mol. The van der Waals surface area contributed by atoms with Crippen LogP contribution in [-0.2, 0) is 26.2 Å². The van der Waals surface area contributed by atoms with E-state index in [0.717, 1.165) is 21.0 Å². The molecule has 1 atom stereocenters. The van der Waals surface area contributed by atoms with Crippen LogP contribution < -0.4 is 9.62 Å². The summed E-state index contributed by atoms with van der Waals surface area (Å²) in [7, 11) is -4.26. The molecule has 0 saturated carbocycles. The summed E-state index contributed by atoms with van der Waals surface area (Å²) in [6.07, 6.45) is 0.322. The highest BCUT2D eigenvalue weighted by atomic mass is 35.5. The fourth-order valence-electron chi connectivity index (χ4n) is 4.29. The van der Waals surface area contributed by atoms with Crippen molar-refractivity contribution in [2.24, 2.45) is 0 Å².